The van der Waals surface area contributed by atoms with E-state index in [4.69, 9.17) is 0 Å². The standard InChI is InChI=1S/C24H25FN2O/c1-17(22-11-5-8-19-7-2-3-10-23(19)22)27-13-12-20(16-27)24(28)26-15-18-6-4-9-21(25)14-18/h2-11,14,17,20H,12-13,15-16H2,1H3,(H,26,28)/t17?,20-/m1/s1. The van der Waals surface area contributed by atoms with Crippen molar-refractivity contribution in [2.45, 2.75) is 25.9 Å². The number of nitrogens with zero attached hydrogens (tertiary/aromatic N) is 1. The maximum atomic E-state index is 13.3. The van der Waals surface area contributed by atoms with Crippen LogP contribution in [0, 0.1) is 11.7 Å². The Morgan fingerprint density at radius 2 is 1.93 bits per heavy atom. The van der Waals surface area contributed by atoms with Gasteiger partial charge >= 0.3 is 0 Å². The molecule has 1 saturated heterocycles. The van der Waals surface area contributed by atoms with Gasteiger partial charge < -0.3 is 5.32 Å². The van der Waals surface area contributed by atoms with Crippen LogP contribution in [0.25, 0.3) is 10.8 Å². The highest BCUT2D eigenvalue weighted by atomic mass is 19.1. The van der Waals surface area contributed by atoms with Gasteiger partial charge in [0.25, 0.3) is 0 Å². The Balaban J connectivity index is 1.40. The largest absolute Gasteiger partial charge is 0.352 e. The van der Waals surface area contributed by atoms with Crippen LogP contribution < -0.4 is 5.32 Å². The second-order valence-electron chi connectivity index (χ2n) is 7.57. The lowest BCUT2D eigenvalue weighted by Crippen LogP contribution is -2.33. The molecular weight excluding hydrogens is 351 g/mol. The average Bonchev–Trinajstić information content (AvgIpc) is 3.21. The van der Waals surface area contributed by atoms with Gasteiger partial charge in [0.05, 0.1) is 5.92 Å². The maximum absolute atomic E-state index is 13.3. The number of likely N-dealkylation sites (tertiary alicyclic amines) is 1. The Kier molecular flexibility index (Phi) is 5.40. The maximum Gasteiger partial charge on any atom is 0.224 e. The van der Waals surface area contributed by atoms with E-state index in [0.717, 1.165) is 25.1 Å². The van der Waals surface area contributed by atoms with E-state index in [2.05, 4.69) is 59.6 Å². The van der Waals surface area contributed by atoms with E-state index in [1.54, 1.807) is 6.07 Å². The van der Waals surface area contributed by atoms with Gasteiger partial charge in [0.15, 0.2) is 0 Å². The van der Waals surface area contributed by atoms with Gasteiger partial charge in [-0.15, -0.1) is 0 Å². The minimum Gasteiger partial charge on any atom is -0.352 e. The van der Waals surface area contributed by atoms with Gasteiger partial charge in [0.2, 0.25) is 5.91 Å². The Labute approximate surface area is 165 Å². The number of amides is 1. The molecule has 1 aliphatic rings. The molecule has 1 N–H and O–H groups in total. The van der Waals surface area contributed by atoms with E-state index in [9.17, 15) is 9.18 Å². The molecule has 1 heterocycles. The zero-order valence-electron chi connectivity index (χ0n) is 16.1. The van der Waals surface area contributed by atoms with Gasteiger partial charge in [-0.2, -0.15) is 0 Å². The minimum absolute atomic E-state index is 0.0222. The molecule has 144 valence electrons. The van der Waals surface area contributed by atoms with Crippen LogP contribution in [0.2, 0.25) is 0 Å². The second-order valence-corrected chi connectivity index (χ2v) is 7.57. The minimum atomic E-state index is -0.275. The number of nitrogens with one attached hydrogen (secondary N) is 1. The molecule has 0 radical (unpaired) electrons. The van der Waals surface area contributed by atoms with Crippen molar-refractivity contribution in [1.82, 2.24) is 10.2 Å². The van der Waals surface area contributed by atoms with Crippen molar-refractivity contribution < 1.29 is 9.18 Å². The van der Waals surface area contributed by atoms with Crippen LogP contribution in [-0.2, 0) is 11.3 Å². The Bertz CT molecular complexity index is 982. The fourth-order valence-electron chi connectivity index (χ4n) is 4.14. The summed E-state index contributed by atoms with van der Waals surface area (Å²) in [5.74, 6) is -0.245. The lowest BCUT2D eigenvalue weighted by atomic mass is 9.99. The number of benzene rings is 3. The van der Waals surface area contributed by atoms with Crippen molar-refractivity contribution in [2.75, 3.05) is 13.1 Å². The smallest absolute Gasteiger partial charge is 0.224 e. The first-order valence-electron chi connectivity index (χ1n) is 9.85. The number of hydrogen-bond acceptors (Lipinski definition) is 2. The summed E-state index contributed by atoms with van der Waals surface area (Å²) in [6.45, 7) is 4.24. The average molecular weight is 376 g/mol. The van der Waals surface area contributed by atoms with E-state index in [1.165, 1.54) is 28.5 Å². The summed E-state index contributed by atoms with van der Waals surface area (Å²) in [5.41, 5.74) is 2.09. The van der Waals surface area contributed by atoms with E-state index in [1.807, 2.05) is 6.07 Å². The molecule has 1 aliphatic heterocycles. The Morgan fingerprint density at radius 1 is 1.14 bits per heavy atom. The molecule has 1 amide bonds. The van der Waals surface area contributed by atoms with E-state index in [0.29, 0.717) is 6.54 Å². The van der Waals surface area contributed by atoms with Crippen LogP contribution in [0.3, 0.4) is 0 Å². The zero-order valence-corrected chi connectivity index (χ0v) is 16.1. The highest BCUT2D eigenvalue weighted by Gasteiger charge is 2.31. The third kappa shape index (κ3) is 3.92. The molecule has 3 aromatic rings. The topological polar surface area (TPSA) is 32.3 Å². The third-order valence-electron chi connectivity index (χ3n) is 5.77. The van der Waals surface area contributed by atoms with Crippen molar-refractivity contribution in [3.05, 3.63) is 83.7 Å². The van der Waals surface area contributed by atoms with Crippen molar-refractivity contribution in [3.8, 4) is 0 Å². The summed E-state index contributed by atoms with van der Waals surface area (Å²) in [5, 5.41) is 5.49. The van der Waals surface area contributed by atoms with Gasteiger partial charge in [-0.05, 0) is 53.9 Å². The van der Waals surface area contributed by atoms with Crippen LogP contribution >= 0.6 is 0 Å². The van der Waals surface area contributed by atoms with Gasteiger partial charge in [-0.1, -0.05) is 54.6 Å². The molecule has 3 nitrogen and oxygen atoms in total. The summed E-state index contributed by atoms with van der Waals surface area (Å²) < 4.78 is 13.3. The summed E-state index contributed by atoms with van der Waals surface area (Å²) in [6, 6.07) is 21.5. The molecule has 1 fully saturated rings. The first kappa shape index (κ1) is 18.6. The fourth-order valence-corrected chi connectivity index (χ4v) is 4.14. The van der Waals surface area contributed by atoms with Crippen LogP contribution in [-0.4, -0.2) is 23.9 Å². The fraction of sp³-hybridized carbons (Fsp3) is 0.292. The molecule has 4 heteroatoms. The van der Waals surface area contributed by atoms with Gasteiger partial charge in [0.1, 0.15) is 5.82 Å². The molecule has 4 rings (SSSR count). The molecule has 0 bridgehead atoms. The number of rotatable bonds is 5. The predicted molar refractivity (Wildman–Crippen MR) is 110 cm³/mol. The van der Waals surface area contributed by atoms with E-state index < -0.39 is 0 Å². The van der Waals surface area contributed by atoms with Crippen LogP contribution in [0.15, 0.2) is 66.7 Å². The molecule has 0 spiro atoms. The summed E-state index contributed by atoms with van der Waals surface area (Å²) in [7, 11) is 0. The number of hydrogen-bond donors (Lipinski definition) is 1. The van der Waals surface area contributed by atoms with Gasteiger partial charge in [-0.25, -0.2) is 4.39 Å². The van der Waals surface area contributed by atoms with Crippen LogP contribution in [0.5, 0.6) is 0 Å². The zero-order chi connectivity index (χ0) is 19.5. The highest BCUT2D eigenvalue weighted by molar-refractivity contribution is 5.86. The third-order valence-corrected chi connectivity index (χ3v) is 5.77. The SMILES string of the molecule is CC(c1cccc2ccccc12)N1CC[C@@H](C(=O)NCc2cccc(F)c2)C1. The summed E-state index contributed by atoms with van der Waals surface area (Å²) in [4.78, 5) is 15.0. The lowest BCUT2D eigenvalue weighted by Gasteiger charge is -2.26. The molecule has 28 heavy (non-hydrogen) atoms. The van der Waals surface area contributed by atoms with E-state index >= 15 is 0 Å². The molecule has 0 aromatic heterocycles. The Hall–Kier alpha value is -2.72. The normalized spacial score (nSPS) is 18.3. The summed E-state index contributed by atoms with van der Waals surface area (Å²) in [6.07, 6.45) is 0.851. The highest BCUT2D eigenvalue weighted by Crippen LogP contribution is 2.31. The van der Waals surface area contributed by atoms with E-state index in [-0.39, 0.29) is 23.7 Å². The molecule has 0 saturated carbocycles. The van der Waals surface area contributed by atoms with Crippen molar-refractivity contribution in [1.29, 1.82) is 0 Å². The first-order valence-corrected chi connectivity index (χ1v) is 9.85. The number of halogens is 1. The number of carbonyl (C=O) groups is 1. The monoisotopic (exact) mass is 376 g/mol. The number of carbonyl (C=O) groups excluding carboxylic acids is 1. The quantitative estimate of drug-likeness (QED) is 0.701. The second kappa shape index (κ2) is 8.11. The molecular formula is C24H25FN2O. The van der Waals surface area contributed by atoms with Crippen molar-refractivity contribution in [2.24, 2.45) is 5.92 Å². The lowest BCUT2D eigenvalue weighted by molar-refractivity contribution is -0.124. The van der Waals surface area contributed by atoms with Gasteiger partial charge in [0, 0.05) is 19.1 Å². The Morgan fingerprint density at radius 3 is 2.79 bits per heavy atom. The molecule has 1 unspecified atom stereocenters. The first-order chi connectivity index (χ1) is 13.6. The van der Waals surface area contributed by atoms with Crippen molar-refractivity contribution in [3.63, 3.8) is 0 Å². The predicted octanol–water partition coefficient (Wildman–Crippen LogP) is 4.68. The van der Waals surface area contributed by atoms with Crippen LogP contribution in [0.1, 0.15) is 30.5 Å². The molecule has 3 aromatic carbocycles. The van der Waals surface area contributed by atoms with Crippen molar-refractivity contribution >= 4 is 16.7 Å². The molecule has 2 atom stereocenters. The molecule has 0 aliphatic carbocycles. The summed E-state index contributed by atoms with van der Waals surface area (Å²) >= 11 is 0. The number of fused-ring (bicyclic) bond motifs is 1. The van der Waals surface area contributed by atoms with Crippen LogP contribution in [0.4, 0.5) is 4.39 Å². The van der Waals surface area contributed by atoms with Gasteiger partial charge in [-0.3, -0.25) is 9.69 Å².